The maximum Gasteiger partial charge on any atom is 0.191 e. The van der Waals surface area contributed by atoms with Gasteiger partial charge in [0, 0.05) is 31.9 Å². The molecular weight excluding hydrogens is 401 g/mol. The summed E-state index contributed by atoms with van der Waals surface area (Å²) in [6.45, 7) is 6.77. The highest BCUT2D eigenvalue weighted by Crippen LogP contribution is 2.03. The highest BCUT2D eigenvalue weighted by atomic mass is 127. The third-order valence-electron chi connectivity index (χ3n) is 3.24. The van der Waals surface area contributed by atoms with E-state index in [1.807, 2.05) is 29.1 Å². The molecule has 126 valence electrons. The van der Waals surface area contributed by atoms with Crippen LogP contribution >= 0.6 is 24.0 Å². The maximum atomic E-state index is 4.41. The summed E-state index contributed by atoms with van der Waals surface area (Å²) in [4.78, 5) is 4.22. The zero-order chi connectivity index (χ0) is 15.8. The van der Waals surface area contributed by atoms with E-state index in [0.29, 0.717) is 12.5 Å². The van der Waals surface area contributed by atoms with Crippen molar-refractivity contribution in [2.24, 2.45) is 10.9 Å². The number of aliphatic imine (C=N–C) groups is 1. The van der Waals surface area contributed by atoms with Gasteiger partial charge in [-0.2, -0.15) is 5.10 Å². The summed E-state index contributed by atoms with van der Waals surface area (Å²) >= 11 is 0. The average Bonchev–Trinajstić information content (AvgIpc) is 2.96. The smallest absolute Gasteiger partial charge is 0.191 e. The van der Waals surface area contributed by atoms with Gasteiger partial charge in [0.1, 0.15) is 0 Å². The molecule has 2 N–H and O–H groups in total. The number of halogens is 1. The molecule has 1 heterocycles. The Morgan fingerprint density at radius 2 is 1.91 bits per heavy atom. The molecule has 0 saturated carbocycles. The highest BCUT2D eigenvalue weighted by Gasteiger charge is 2.02. The highest BCUT2D eigenvalue weighted by molar-refractivity contribution is 14.0. The van der Waals surface area contributed by atoms with Crippen LogP contribution in [-0.4, -0.2) is 29.3 Å². The van der Waals surface area contributed by atoms with Crippen LogP contribution in [0.4, 0.5) is 0 Å². The minimum Gasteiger partial charge on any atom is -0.356 e. The van der Waals surface area contributed by atoms with E-state index in [2.05, 4.69) is 52.9 Å². The zero-order valence-corrected chi connectivity index (χ0v) is 16.3. The van der Waals surface area contributed by atoms with Gasteiger partial charge in [0.15, 0.2) is 5.96 Å². The molecule has 1 aromatic heterocycles. The van der Waals surface area contributed by atoms with Crippen LogP contribution in [0.5, 0.6) is 0 Å². The molecule has 0 spiro atoms. The van der Waals surface area contributed by atoms with Crippen molar-refractivity contribution in [1.29, 1.82) is 0 Å². The standard InChI is InChI=1S/C17H25N5.HI/c1-14(2)9-19-17(18-3)20-10-16-11-21-22(13-16)12-15-7-5-4-6-8-15;/h4-8,11,13-14H,9-10,12H2,1-3H3,(H2,18,19,20);1H. The molecule has 0 aliphatic heterocycles. The molecular formula is C17H26IN5. The van der Waals surface area contributed by atoms with Gasteiger partial charge in [-0.3, -0.25) is 9.67 Å². The predicted octanol–water partition coefficient (Wildman–Crippen LogP) is 2.87. The van der Waals surface area contributed by atoms with Gasteiger partial charge in [0.2, 0.25) is 0 Å². The molecule has 0 fully saturated rings. The van der Waals surface area contributed by atoms with Crippen LogP contribution in [0.3, 0.4) is 0 Å². The summed E-state index contributed by atoms with van der Waals surface area (Å²) in [6, 6.07) is 10.3. The molecule has 0 aliphatic rings. The van der Waals surface area contributed by atoms with Gasteiger partial charge >= 0.3 is 0 Å². The molecule has 0 amide bonds. The van der Waals surface area contributed by atoms with Crippen LogP contribution in [0.1, 0.15) is 25.0 Å². The summed E-state index contributed by atoms with van der Waals surface area (Å²) in [7, 11) is 1.79. The Labute approximate surface area is 155 Å². The number of rotatable bonds is 6. The minimum absolute atomic E-state index is 0. The number of hydrogen-bond acceptors (Lipinski definition) is 2. The van der Waals surface area contributed by atoms with Crippen molar-refractivity contribution >= 4 is 29.9 Å². The van der Waals surface area contributed by atoms with Crippen molar-refractivity contribution < 1.29 is 0 Å². The van der Waals surface area contributed by atoms with Crippen LogP contribution in [0.15, 0.2) is 47.7 Å². The van der Waals surface area contributed by atoms with Crippen LogP contribution in [0, 0.1) is 5.92 Å². The van der Waals surface area contributed by atoms with Crippen molar-refractivity contribution in [3.63, 3.8) is 0 Å². The molecule has 6 heteroatoms. The largest absolute Gasteiger partial charge is 0.356 e. The van der Waals surface area contributed by atoms with Gasteiger partial charge in [0.05, 0.1) is 12.7 Å². The first kappa shape index (κ1) is 19.5. The first-order chi connectivity index (χ1) is 10.7. The summed E-state index contributed by atoms with van der Waals surface area (Å²) < 4.78 is 1.96. The Kier molecular flexibility index (Phi) is 8.68. The average molecular weight is 427 g/mol. The summed E-state index contributed by atoms with van der Waals surface area (Å²) in [6.07, 6.45) is 3.96. The third-order valence-corrected chi connectivity index (χ3v) is 3.24. The first-order valence-corrected chi connectivity index (χ1v) is 7.67. The number of nitrogens with one attached hydrogen (secondary N) is 2. The molecule has 23 heavy (non-hydrogen) atoms. The van der Waals surface area contributed by atoms with E-state index in [1.165, 1.54) is 5.56 Å². The van der Waals surface area contributed by atoms with E-state index >= 15 is 0 Å². The van der Waals surface area contributed by atoms with E-state index in [4.69, 9.17) is 0 Å². The SMILES string of the molecule is CN=C(NCc1cnn(Cc2ccccc2)c1)NCC(C)C.I. The third kappa shape index (κ3) is 7.02. The molecule has 1 aromatic carbocycles. The number of aromatic nitrogens is 2. The number of guanidine groups is 1. The quantitative estimate of drug-likeness (QED) is 0.424. The van der Waals surface area contributed by atoms with Crippen molar-refractivity contribution in [2.45, 2.75) is 26.9 Å². The van der Waals surface area contributed by atoms with Gasteiger partial charge in [-0.05, 0) is 11.5 Å². The minimum atomic E-state index is 0. The van der Waals surface area contributed by atoms with Crippen molar-refractivity contribution in [3.05, 3.63) is 53.9 Å². The molecule has 0 atom stereocenters. The van der Waals surface area contributed by atoms with Gasteiger partial charge < -0.3 is 10.6 Å². The Morgan fingerprint density at radius 1 is 1.17 bits per heavy atom. The van der Waals surface area contributed by atoms with Crippen molar-refractivity contribution in [2.75, 3.05) is 13.6 Å². The van der Waals surface area contributed by atoms with Crippen molar-refractivity contribution in [3.8, 4) is 0 Å². The van der Waals surface area contributed by atoms with Gasteiger partial charge in [0.25, 0.3) is 0 Å². The Morgan fingerprint density at radius 3 is 2.57 bits per heavy atom. The summed E-state index contributed by atoms with van der Waals surface area (Å²) in [5.74, 6) is 1.41. The van der Waals surface area contributed by atoms with Crippen LogP contribution in [-0.2, 0) is 13.1 Å². The molecule has 2 aromatic rings. The molecule has 5 nitrogen and oxygen atoms in total. The molecule has 2 rings (SSSR count). The second-order valence-electron chi connectivity index (χ2n) is 5.73. The Bertz CT molecular complexity index is 592. The lowest BCUT2D eigenvalue weighted by Crippen LogP contribution is -2.38. The topological polar surface area (TPSA) is 54.2 Å². The van der Waals surface area contributed by atoms with Crippen molar-refractivity contribution in [1.82, 2.24) is 20.4 Å². The monoisotopic (exact) mass is 427 g/mol. The normalized spacial score (nSPS) is 11.2. The Balaban J connectivity index is 0.00000264. The fraction of sp³-hybridized carbons (Fsp3) is 0.412. The van der Waals surface area contributed by atoms with E-state index in [0.717, 1.165) is 24.6 Å². The lowest BCUT2D eigenvalue weighted by Gasteiger charge is -2.12. The van der Waals surface area contributed by atoms with Crippen LogP contribution in [0.2, 0.25) is 0 Å². The maximum absolute atomic E-state index is 4.41. The molecule has 0 unspecified atom stereocenters. The summed E-state index contributed by atoms with van der Waals surface area (Å²) in [5, 5.41) is 11.0. The second kappa shape index (κ2) is 10.3. The number of benzene rings is 1. The number of nitrogens with zero attached hydrogens (tertiary/aromatic N) is 3. The molecule has 0 aliphatic carbocycles. The fourth-order valence-corrected chi connectivity index (χ4v) is 2.06. The Hall–Kier alpha value is -1.57. The molecule has 0 bridgehead atoms. The van der Waals surface area contributed by atoms with E-state index in [1.54, 1.807) is 7.05 Å². The molecule has 0 radical (unpaired) electrons. The fourth-order valence-electron chi connectivity index (χ4n) is 2.06. The lowest BCUT2D eigenvalue weighted by atomic mass is 10.2. The van der Waals surface area contributed by atoms with Crippen LogP contribution in [0.25, 0.3) is 0 Å². The van der Waals surface area contributed by atoms with Gasteiger partial charge in [-0.15, -0.1) is 24.0 Å². The zero-order valence-electron chi connectivity index (χ0n) is 14.0. The molecule has 0 saturated heterocycles. The number of hydrogen-bond donors (Lipinski definition) is 2. The van der Waals surface area contributed by atoms with Gasteiger partial charge in [-0.1, -0.05) is 44.2 Å². The first-order valence-electron chi connectivity index (χ1n) is 7.67. The van der Waals surface area contributed by atoms with E-state index < -0.39 is 0 Å². The summed E-state index contributed by atoms with van der Waals surface area (Å²) in [5.41, 5.74) is 2.39. The second-order valence-corrected chi connectivity index (χ2v) is 5.73. The van der Waals surface area contributed by atoms with Gasteiger partial charge in [-0.25, -0.2) is 0 Å². The predicted molar refractivity (Wildman–Crippen MR) is 106 cm³/mol. The van der Waals surface area contributed by atoms with Crippen LogP contribution < -0.4 is 10.6 Å². The van der Waals surface area contributed by atoms with E-state index in [9.17, 15) is 0 Å². The van der Waals surface area contributed by atoms with E-state index in [-0.39, 0.29) is 24.0 Å². The lowest BCUT2D eigenvalue weighted by molar-refractivity contribution is 0.614.